The number of carbonyl (C=O) groups is 1. The van der Waals surface area contributed by atoms with E-state index in [1.165, 1.54) is 12.1 Å². The van der Waals surface area contributed by atoms with E-state index >= 15 is 0 Å². The molecule has 7 heteroatoms. The van der Waals surface area contributed by atoms with Crippen LogP contribution in [0.1, 0.15) is 5.56 Å². The number of benzene rings is 2. The van der Waals surface area contributed by atoms with Crippen LogP contribution in [0.5, 0.6) is 5.75 Å². The van der Waals surface area contributed by atoms with E-state index < -0.39 is 6.10 Å². The van der Waals surface area contributed by atoms with E-state index in [0.29, 0.717) is 27.2 Å². The lowest BCUT2D eigenvalue weighted by molar-refractivity contribution is -0.126. The number of para-hydroxylation sites is 1. The highest BCUT2D eigenvalue weighted by molar-refractivity contribution is 6.41. The number of hydrogen-bond acceptors (Lipinski definition) is 3. The molecule has 0 radical (unpaired) electrons. The summed E-state index contributed by atoms with van der Waals surface area (Å²) in [6.45, 7) is 0. The largest absolute Gasteiger partial charge is 0.480 e. The molecule has 114 valence electrons. The van der Waals surface area contributed by atoms with Crippen LogP contribution >= 0.6 is 34.8 Å². The molecule has 1 unspecified atom stereocenters. The monoisotopic (exact) mass is 356 g/mol. The summed E-state index contributed by atoms with van der Waals surface area (Å²) in [5.74, 6) is 0.420. The molecule has 1 aliphatic rings. The van der Waals surface area contributed by atoms with E-state index in [0.717, 1.165) is 11.3 Å². The number of hydrazine groups is 1. The third-order valence-electron chi connectivity index (χ3n) is 3.26. The molecule has 0 saturated heterocycles. The summed E-state index contributed by atoms with van der Waals surface area (Å²) in [6, 6.07) is 10.6. The molecule has 2 aromatic rings. The third kappa shape index (κ3) is 3.09. The highest BCUT2D eigenvalue weighted by Crippen LogP contribution is 2.33. The van der Waals surface area contributed by atoms with Gasteiger partial charge in [-0.15, -0.1) is 0 Å². The van der Waals surface area contributed by atoms with E-state index in [-0.39, 0.29) is 5.91 Å². The summed E-state index contributed by atoms with van der Waals surface area (Å²) >= 11 is 17.9. The smallest absolute Gasteiger partial charge is 0.279 e. The maximum absolute atomic E-state index is 12.2. The van der Waals surface area contributed by atoms with Gasteiger partial charge in [-0.1, -0.05) is 53.0 Å². The lowest BCUT2D eigenvalue weighted by Crippen LogP contribution is -2.40. The van der Waals surface area contributed by atoms with Crippen molar-refractivity contribution in [3.63, 3.8) is 0 Å². The van der Waals surface area contributed by atoms with Gasteiger partial charge in [0.1, 0.15) is 5.75 Å². The van der Waals surface area contributed by atoms with Crippen molar-refractivity contribution in [2.75, 3.05) is 5.43 Å². The van der Waals surface area contributed by atoms with Crippen molar-refractivity contribution in [2.24, 2.45) is 0 Å². The topological polar surface area (TPSA) is 50.4 Å². The van der Waals surface area contributed by atoms with Crippen LogP contribution in [-0.4, -0.2) is 12.0 Å². The molecule has 2 N–H and O–H groups in total. The number of halogens is 3. The molecule has 4 nitrogen and oxygen atoms in total. The zero-order valence-electron chi connectivity index (χ0n) is 11.2. The maximum atomic E-state index is 12.2. The Kier molecular flexibility index (Phi) is 4.34. The summed E-state index contributed by atoms with van der Waals surface area (Å²) < 4.78 is 5.60. The molecule has 0 aromatic heterocycles. The number of carbonyl (C=O) groups excluding carboxylic acids is 1. The van der Waals surface area contributed by atoms with Crippen LogP contribution in [0.15, 0.2) is 36.4 Å². The number of hydrogen-bond donors (Lipinski definition) is 2. The first-order valence-electron chi connectivity index (χ1n) is 6.49. The van der Waals surface area contributed by atoms with Crippen LogP contribution in [0.2, 0.25) is 15.1 Å². The molecular formula is C15H11Cl3N2O2. The minimum Gasteiger partial charge on any atom is -0.480 e. The lowest BCUT2D eigenvalue weighted by Gasteiger charge is -2.15. The molecule has 0 bridgehead atoms. The summed E-state index contributed by atoms with van der Waals surface area (Å²) in [7, 11) is 0. The van der Waals surface area contributed by atoms with Gasteiger partial charge in [0.05, 0.1) is 15.7 Å². The van der Waals surface area contributed by atoms with Gasteiger partial charge in [-0.25, -0.2) is 0 Å². The Balaban J connectivity index is 1.65. The van der Waals surface area contributed by atoms with E-state index in [1.807, 2.05) is 24.3 Å². The number of nitrogens with one attached hydrogen (secondary N) is 2. The first kappa shape index (κ1) is 15.3. The number of rotatable bonds is 3. The van der Waals surface area contributed by atoms with E-state index in [4.69, 9.17) is 39.5 Å². The van der Waals surface area contributed by atoms with E-state index in [2.05, 4.69) is 10.9 Å². The van der Waals surface area contributed by atoms with Crippen molar-refractivity contribution in [1.82, 2.24) is 5.43 Å². The van der Waals surface area contributed by atoms with Crippen LogP contribution in [0.25, 0.3) is 0 Å². The van der Waals surface area contributed by atoms with Crippen LogP contribution in [0.4, 0.5) is 5.69 Å². The quantitative estimate of drug-likeness (QED) is 0.813. The summed E-state index contributed by atoms with van der Waals surface area (Å²) in [5, 5.41) is 1.04. The molecule has 3 rings (SSSR count). The SMILES string of the molecule is O=C(NNc1c(Cl)cc(Cl)cc1Cl)C1Cc2ccccc2O1. The number of ether oxygens (including phenoxy) is 1. The first-order chi connectivity index (χ1) is 10.5. The molecule has 2 aromatic carbocycles. The zero-order chi connectivity index (χ0) is 15.7. The van der Waals surface area contributed by atoms with E-state index in [1.54, 1.807) is 0 Å². The molecule has 22 heavy (non-hydrogen) atoms. The van der Waals surface area contributed by atoms with Gasteiger partial charge < -0.3 is 4.74 Å². The minimum absolute atomic E-state index is 0.307. The fourth-order valence-electron chi connectivity index (χ4n) is 2.19. The summed E-state index contributed by atoms with van der Waals surface area (Å²) in [5.41, 5.74) is 6.65. The molecule has 1 aliphatic heterocycles. The van der Waals surface area contributed by atoms with Gasteiger partial charge in [0, 0.05) is 11.4 Å². The minimum atomic E-state index is -0.588. The van der Waals surface area contributed by atoms with Crippen molar-refractivity contribution >= 4 is 46.4 Å². The Bertz CT molecular complexity index is 688. The fourth-order valence-corrected chi connectivity index (χ4v) is 3.11. The molecule has 0 fully saturated rings. The van der Waals surface area contributed by atoms with Crippen molar-refractivity contribution in [1.29, 1.82) is 0 Å². The van der Waals surface area contributed by atoms with Crippen molar-refractivity contribution in [3.05, 3.63) is 57.0 Å². The average molecular weight is 358 g/mol. The second-order valence-electron chi connectivity index (χ2n) is 4.78. The van der Waals surface area contributed by atoms with Gasteiger partial charge in [0.2, 0.25) is 0 Å². The molecule has 0 spiro atoms. The molecule has 1 amide bonds. The Labute approximate surface area is 142 Å². The fraction of sp³-hybridized carbons (Fsp3) is 0.133. The molecule has 0 aliphatic carbocycles. The van der Waals surface area contributed by atoms with Gasteiger partial charge in [-0.3, -0.25) is 15.6 Å². The molecule has 0 saturated carbocycles. The van der Waals surface area contributed by atoms with Gasteiger partial charge in [-0.2, -0.15) is 0 Å². The molecule has 1 atom stereocenters. The molecule has 1 heterocycles. The van der Waals surface area contributed by atoms with Crippen LogP contribution in [0, 0.1) is 0 Å². The number of anilines is 1. The third-order valence-corrected chi connectivity index (χ3v) is 4.07. The Morgan fingerprint density at radius 2 is 1.82 bits per heavy atom. The summed E-state index contributed by atoms with van der Waals surface area (Å²) in [4.78, 5) is 12.2. The van der Waals surface area contributed by atoms with Gasteiger partial charge in [0.15, 0.2) is 6.10 Å². The van der Waals surface area contributed by atoms with Crippen molar-refractivity contribution in [3.8, 4) is 5.75 Å². The normalized spacial score (nSPS) is 15.9. The van der Waals surface area contributed by atoms with Gasteiger partial charge in [-0.05, 0) is 23.8 Å². The number of fused-ring (bicyclic) bond motifs is 1. The van der Waals surface area contributed by atoms with Crippen molar-refractivity contribution < 1.29 is 9.53 Å². The van der Waals surface area contributed by atoms with Crippen molar-refractivity contribution in [2.45, 2.75) is 12.5 Å². The second kappa shape index (κ2) is 6.24. The van der Waals surface area contributed by atoms with Gasteiger partial charge in [0.25, 0.3) is 5.91 Å². The summed E-state index contributed by atoms with van der Waals surface area (Å²) in [6.07, 6.45) is -0.0686. The standard InChI is InChI=1S/C15H11Cl3N2O2/c16-9-6-10(17)14(11(18)7-9)19-20-15(21)13-5-8-3-1-2-4-12(8)22-13/h1-4,6-7,13,19H,5H2,(H,20,21). The number of amides is 1. The first-order valence-corrected chi connectivity index (χ1v) is 7.63. The second-order valence-corrected chi connectivity index (χ2v) is 6.03. The Hall–Kier alpha value is -1.62. The van der Waals surface area contributed by atoms with Crippen LogP contribution in [-0.2, 0) is 11.2 Å². The molecular weight excluding hydrogens is 347 g/mol. The predicted molar refractivity (Wildman–Crippen MR) is 87.8 cm³/mol. The van der Waals surface area contributed by atoms with Crippen LogP contribution in [0.3, 0.4) is 0 Å². The highest BCUT2D eigenvalue weighted by Gasteiger charge is 2.28. The predicted octanol–water partition coefficient (Wildman–Crippen LogP) is 4.09. The Morgan fingerprint density at radius 3 is 2.50 bits per heavy atom. The lowest BCUT2D eigenvalue weighted by atomic mass is 10.1. The average Bonchev–Trinajstić information content (AvgIpc) is 2.89. The highest BCUT2D eigenvalue weighted by atomic mass is 35.5. The zero-order valence-corrected chi connectivity index (χ0v) is 13.5. The van der Waals surface area contributed by atoms with Crippen LogP contribution < -0.4 is 15.6 Å². The van der Waals surface area contributed by atoms with E-state index in [9.17, 15) is 4.79 Å². The Morgan fingerprint density at radius 1 is 1.14 bits per heavy atom. The maximum Gasteiger partial charge on any atom is 0.279 e. The van der Waals surface area contributed by atoms with Gasteiger partial charge >= 0.3 is 0 Å².